The highest BCUT2D eigenvalue weighted by Crippen LogP contribution is 2.23. The molecule has 0 aromatic heterocycles. The lowest BCUT2D eigenvalue weighted by atomic mass is 10.0. The number of rotatable bonds is 6. The third kappa shape index (κ3) is 4.45. The molecule has 1 unspecified atom stereocenters. The molecule has 23 heavy (non-hydrogen) atoms. The van der Waals surface area contributed by atoms with Gasteiger partial charge >= 0.3 is 0 Å². The summed E-state index contributed by atoms with van der Waals surface area (Å²) in [5, 5.41) is 10.4. The van der Waals surface area contributed by atoms with Crippen LogP contribution in [-0.4, -0.2) is 60.6 Å². The molecule has 1 aromatic rings. The van der Waals surface area contributed by atoms with Crippen LogP contribution in [0.25, 0.3) is 0 Å². The van der Waals surface area contributed by atoms with E-state index in [0.29, 0.717) is 11.3 Å². The fraction of sp³-hybridized carbons (Fsp3) is 0.611. The van der Waals surface area contributed by atoms with Gasteiger partial charge in [0.2, 0.25) is 0 Å². The SMILES string of the molecule is CCCN1CCC(N(C)C(=O)C(O)c2cccc(OC)c2)CC1. The highest BCUT2D eigenvalue weighted by atomic mass is 16.5. The molecule has 0 aliphatic carbocycles. The number of piperidine rings is 1. The largest absolute Gasteiger partial charge is 0.497 e. The summed E-state index contributed by atoms with van der Waals surface area (Å²) in [6, 6.07) is 7.25. The quantitative estimate of drug-likeness (QED) is 0.872. The second-order valence-corrected chi connectivity index (χ2v) is 6.20. The summed E-state index contributed by atoms with van der Waals surface area (Å²) in [4.78, 5) is 16.7. The molecule has 2 rings (SSSR count). The van der Waals surface area contributed by atoms with Crippen LogP contribution in [0.1, 0.15) is 37.9 Å². The highest BCUT2D eigenvalue weighted by Gasteiger charge is 2.29. The zero-order valence-electron chi connectivity index (χ0n) is 14.4. The van der Waals surface area contributed by atoms with E-state index in [1.807, 2.05) is 0 Å². The number of aliphatic hydroxyl groups is 1. The van der Waals surface area contributed by atoms with Crippen molar-refractivity contribution in [2.75, 3.05) is 33.8 Å². The number of benzene rings is 1. The Morgan fingerprint density at radius 1 is 1.43 bits per heavy atom. The molecule has 1 aromatic carbocycles. The van der Waals surface area contributed by atoms with Crippen LogP contribution in [0.15, 0.2) is 24.3 Å². The monoisotopic (exact) mass is 320 g/mol. The Balaban J connectivity index is 1.96. The van der Waals surface area contributed by atoms with Gasteiger partial charge in [0.05, 0.1) is 7.11 Å². The van der Waals surface area contributed by atoms with Gasteiger partial charge in [-0.25, -0.2) is 0 Å². The molecule has 5 heteroatoms. The molecule has 1 aliphatic rings. The maximum atomic E-state index is 12.6. The van der Waals surface area contributed by atoms with Gasteiger partial charge in [0, 0.05) is 26.2 Å². The molecule has 1 aliphatic heterocycles. The number of hydrogen-bond donors (Lipinski definition) is 1. The molecular weight excluding hydrogens is 292 g/mol. The zero-order chi connectivity index (χ0) is 16.8. The fourth-order valence-corrected chi connectivity index (χ4v) is 3.17. The van der Waals surface area contributed by atoms with Gasteiger partial charge in [-0.1, -0.05) is 19.1 Å². The van der Waals surface area contributed by atoms with Gasteiger partial charge in [-0.15, -0.1) is 0 Å². The first kappa shape index (κ1) is 17.8. The summed E-state index contributed by atoms with van der Waals surface area (Å²) in [6.45, 7) is 5.35. The van der Waals surface area contributed by atoms with E-state index in [2.05, 4.69) is 11.8 Å². The second-order valence-electron chi connectivity index (χ2n) is 6.20. The number of methoxy groups -OCH3 is 1. The summed E-state index contributed by atoms with van der Waals surface area (Å²) in [5.74, 6) is 0.400. The van der Waals surface area contributed by atoms with Crippen LogP contribution < -0.4 is 4.74 Å². The van der Waals surface area contributed by atoms with Crippen molar-refractivity contribution >= 4 is 5.91 Å². The van der Waals surface area contributed by atoms with E-state index in [1.54, 1.807) is 43.3 Å². The number of hydrogen-bond acceptors (Lipinski definition) is 4. The molecule has 1 fully saturated rings. The number of aliphatic hydroxyl groups excluding tert-OH is 1. The summed E-state index contributed by atoms with van der Waals surface area (Å²) < 4.78 is 5.15. The average Bonchev–Trinajstić information content (AvgIpc) is 2.60. The van der Waals surface area contributed by atoms with Crippen molar-refractivity contribution in [2.45, 2.75) is 38.3 Å². The number of carbonyl (C=O) groups is 1. The Morgan fingerprint density at radius 3 is 2.74 bits per heavy atom. The van der Waals surface area contributed by atoms with Gasteiger partial charge in [0.1, 0.15) is 5.75 Å². The maximum absolute atomic E-state index is 12.6. The van der Waals surface area contributed by atoms with E-state index in [4.69, 9.17) is 4.74 Å². The molecular formula is C18H28N2O3. The van der Waals surface area contributed by atoms with Gasteiger partial charge in [0.15, 0.2) is 6.10 Å². The van der Waals surface area contributed by atoms with E-state index >= 15 is 0 Å². The minimum atomic E-state index is -1.14. The molecule has 1 heterocycles. The van der Waals surface area contributed by atoms with Crippen LogP contribution in [0.3, 0.4) is 0 Å². The van der Waals surface area contributed by atoms with Crippen LogP contribution >= 0.6 is 0 Å². The van der Waals surface area contributed by atoms with Gasteiger partial charge < -0.3 is 19.6 Å². The van der Waals surface area contributed by atoms with Crippen molar-refractivity contribution in [2.24, 2.45) is 0 Å². The average molecular weight is 320 g/mol. The Morgan fingerprint density at radius 2 is 2.13 bits per heavy atom. The number of ether oxygens (including phenoxy) is 1. The minimum Gasteiger partial charge on any atom is -0.497 e. The molecule has 0 radical (unpaired) electrons. The van der Waals surface area contributed by atoms with E-state index in [1.165, 1.54) is 0 Å². The Labute approximate surface area is 138 Å². The highest BCUT2D eigenvalue weighted by molar-refractivity contribution is 5.82. The van der Waals surface area contributed by atoms with Crippen molar-refractivity contribution in [1.82, 2.24) is 9.80 Å². The minimum absolute atomic E-state index is 0.205. The van der Waals surface area contributed by atoms with Crippen LogP contribution in [0, 0.1) is 0 Å². The number of nitrogens with zero attached hydrogens (tertiary/aromatic N) is 2. The first-order valence-corrected chi connectivity index (χ1v) is 8.37. The van der Waals surface area contributed by atoms with Crippen LogP contribution in [-0.2, 0) is 4.79 Å². The first-order chi connectivity index (χ1) is 11.1. The number of amides is 1. The second kappa shape index (κ2) is 8.31. The summed E-state index contributed by atoms with van der Waals surface area (Å²) >= 11 is 0. The van der Waals surface area contributed by atoms with Gasteiger partial charge in [0.25, 0.3) is 5.91 Å². The topological polar surface area (TPSA) is 53.0 Å². The maximum Gasteiger partial charge on any atom is 0.256 e. The molecule has 1 saturated heterocycles. The third-order valence-corrected chi connectivity index (χ3v) is 4.64. The Bertz CT molecular complexity index is 513. The third-order valence-electron chi connectivity index (χ3n) is 4.64. The van der Waals surface area contributed by atoms with Crippen molar-refractivity contribution in [3.63, 3.8) is 0 Å². The van der Waals surface area contributed by atoms with E-state index in [0.717, 1.165) is 38.9 Å². The standard InChI is InChI=1S/C18H28N2O3/c1-4-10-20-11-8-15(9-12-20)19(2)18(22)17(21)14-6-5-7-16(13-14)23-3/h5-7,13,15,17,21H,4,8-12H2,1-3H3. The number of likely N-dealkylation sites (N-methyl/N-ethyl adjacent to an activating group) is 1. The van der Waals surface area contributed by atoms with Crippen molar-refractivity contribution in [3.8, 4) is 5.75 Å². The molecule has 128 valence electrons. The molecule has 1 atom stereocenters. The number of likely N-dealkylation sites (tertiary alicyclic amines) is 1. The van der Waals surface area contributed by atoms with Crippen LogP contribution in [0.5, 0.6) is 5.75 Å². The molecule has 1 N–H and O–H groups in total. The predicted octanol–water partition coefficient (Wildman–Crippen LogP) is 2.06. The lowest BCUT2D eigenvalue weighted by molar-refractivity contribution is -0.142. The van der Waals surface area contributed by atoms with Crippen molar-refractivity contribution in [1.29, 1.82) is 0 Å². The van der Waals surface area contributed by atoms with Gasteiger partial charge in [-0.05, 0) is 43.5 Å². The van der Waals surface area contributed by atoms with Gasteiger partial charge in [-0.3, -0.25) is 4.79 Å². The lowest BCUT2D eigenvalue weighted by Crippen LogP contribution is -2.47. The van der Waals surface area contributed by atoms with Crippen molar-refractivity contribution < 1.29 is 14.6 Å². The van der Waals surface area contributed by atoms with E-state index in [9.17, 15) is 9.90 Å². The fourth-order valence-electron chi connectivity index (χ4n) is 3.17. The molecule has 5 nitrogen and oxygen atoms in total. The van der Waals surface area contributed by atoms with E-state index in [-0.39, 0.29) is 11.9 Å². The van der Waals surface area contributed by atoms with Crippen molar-refractivity contribution in [3.05, 3.63) is 29.8 Å². The summed E-state index contributed by atoms with van der Waals surface area (Å²) in [7, 11) is 3.37. The van der Waals surface area contributed by atoms with E-state index < -0.39 is 6.10 Å². The smallest absolute Gasteiger partial charge is 0.256 e. The summed E-state index contributed by atoms with van der Waals surface area (Å²) in [6.07, 6.45) is 1.96. The normalized spacial score (nSPS) is 17.7. The first-order valence-electron chi connectivity index (χ1n) is 8.37. The van der Waals surface area contributed by atoms with Crippen LogP contribution in [0.4, 0.5) is 0 Å². The van der Waals surface area contributed by atoms with Gasteiger partial charge in [-0.2, -0.15) is 0 Å². The molecule has 1 amide bonds. The molecule has 0 saturated carbocycles. The Kier molecular flexibility index (Phi) is 6.42. The molecule has 0 bridgehead atoms. The Hall–Kier alpha value is -1.59. The number of carbonyl (C=O) groups excluding carboxylic acids is 1. The molecule has 0 spiro atoms. The van der Waals surface area contributed by atoms with Crippen LogP contribution in [0.2, 0.25) is 0 Å². The predicted molar refractivity (Wildman–Crippen MR) is 90.5 cm³/mol. The summed E-state index contributed by atoms with van der Waals surface area (Å²) in [5.41, 5.74) is 0.574. The zero-order valence-corrected chi connectivity index (χ0v) is 14.4. The lowest BCUT2D eigenvalue weighted by Gasteiger charge is -2.37.